The fourth-order valence-corrected chi connectivity index (χ4v) is 3.99. The topological polar surface area (TPSA) is 66.4 Å². The Balaban J connectivity index is 1.75. The summed E-state index contributed by atoms with van der Waals surface area (Å²) in [6.45, 7) is 8.08. The Morgan fingerprint density at radius 3 is 1.51 bits per heavy atom. The average Bonchev–Trinajstić information content (AvgIpc) is 2.96. The molecule has 0 radical (unpaired) electrons. The highest BCUT2D eigenvalue weighted by molar-refractivity contribution is 14.1. The van der Waals surface area contributed by atoms with Crippen molar-refractivity contribution in [2.45, 2.75) is 52.7 Å². The summed E-state index contributed by atoms with van der Waals surface area (Å²) in [6.07, 6.45) is 9.71. The van der Waals surface area contributed by atoms with Crippen LogP contribution in [0.3, 0.4) is 0 Å². The molecule has 6 nitrogen and oxygen atoms in total. The van der Waals surface area contributed by atoms with Crippen molar-refractivity contribution in [3.05, 3.63) is 70.8 Å². The van der Waals surface area contributed by atoms with Crippen LogP contribution in [0, 0.1) is 0 Å². The van der Waals surface area contributed by atoms with Crippen LogP contribution in [-0.4, -0.2) is 31.5 Å². The van der Waals surface area contributed by atoms with Crippen LogP contribution in [0.4, 0.5) is 0 Å². The van der Waals surface area contributed by atoms with Gasteiger partial charge in [0.2, 0.25) is 11.5 Å². The molecule has 0 aliphatic carbocycles. The molecule has 3 rings (SSSR count). The molecule has 208 valence electrons. The van der Waals surface area contributed by atoms with Crippen LogP contribution in [0.5, 0.6) is 34.5 Å². The van der Waals surface area contributed by atoms with Gasteiger partial charge in [0.25, 0.3) is 0 Å². The van der Waals surface area contributed by atoms with E-state index in [0.29, 0.717) is 28.7 Å². The number of ether oxygens (including phenoxy) is 4. The molecule has 0 amide bonds. The highest BCUT2D eigenvalue weighted by Crippen LogP contribution is 2.41. The molecule has 39 heavy (non-hydrogen) atoms. The van der Waals surface area contributed by atoms with Crippen molar-refractivity contribution in [2.75, 3.05) is 14.2 Å². The summed E-state index contributed by atoms with van der Waals surface area (Å²) in [5.74, 6) is 2.79. The number of aromatic hydroxyl groups is 1. The van der Waals surface area contributed by atoms with E-state index in [1.165, 1.54) is 0 Å². The van der Waals surface area contributed by atoms with Crippen molar-refractivity contribution < 1.29 is 27.1 Å². The summed E-state index contributed by atoms with van der Waals surface area (Å²) in [6, 6.07) is 15.6. The number of methoxy groups -OCH3 is 2. The Morgan fingerprint density at radius 1 is 0.667 bits per heavy atom. The normalized spacial score (nSPS) is 12.9. The molecule has 0 heterocycles. The first-order valence-corrected chi connectivity index (χ1v) is 13.9. The number of benzene rings is 3. The highest BCUT2D eigenvalue weighted by Gasteiger charge is 2.16. The minimum atomic E-state index is -0.0257. The first-order chi connectivity index (χ1) is 18.8. The Bertz CT molecular complexity index is 1260. The Labute approximate surface area is 245 Å². The molecule has 3 aromatic carbocycles. The minimum Gasteiger partial charge on any atom is -0.504 e. The zero-order chi connectivity index (χ0) is 28.4. The van der Waals surface area contributed by atoms with E-state index in [-0.39, 0.29) is 18.0 Å². The fraction of sp³-hybridized carbons (Fsp3) is 0.312. The van der Waals surface area contributed by atoms with Gasteiger partial charge in [-0.15, -0.1) is 0 Å². The first-order valence-electron chi connectivity index (χ1n) is 13.0. The molecular weight excluding hydrogens is 607 g/mol. The maximum Gasteiger partial charge on any atom is 0.204 e. The lowest BCUT2D eigenvalue weighted by Crippen LogP contribution is -2.11. The van der Waals surface area contributed by atoms with Gasteiger partial charge in [0.15, 0.2) is 46.0 Å². The van der Waals surface area contributed by atoms with E-state index in [9.17, 15) is 5.11 Å². The molecule has 0 aliphatic heterocycles. The summed E-state index contributed by atoms with van der Waals surface area (Å²) in [4.78, 5) is 0. The minimum absolute atomic E-state index is 0.0257. The molecule has 1 N–H and O–H groups in total. The van der Waals surface area contributed by atoms with Gasteiger partial charge < -0.3 is 27.1 Å². The van der Waals surface area contributed by atoms with E-state index >= 15 is 0 Å². The van der Waals surface area contributed by atoms with Crippen LogP contribution in [0.25, 0.3) is 24.3 Å². The van der Waals surface area contributed by atoms with Crippen molar-refractivity contribution in [3.63, 3.8) is 0 Å². The third-order valence-electron chi connectivity index (χ3n) is 6.28. The summed E-state index contributed by atoms with van der Waals surface area (Å²) in [7, 11) is 3.26. The molecule has 0 bridgehead atoms. The molecule has 0 saturated heterocycles. The Morgan fingerprint density at radius 2 is 1.08 bits per heavy atom. The molecule has 0 fully saturated rings. The highest BCUT2D eigenvalue weighted by atomic mass is 127. The Hall–Kier alpha value is -3.33. The maximum atomic E-state index is 10.5. The van der Waals surface area contributed by atoms with Gasteiger partial charge in [-0.3, -0.25) is 0 Å². The summed E-state index contributed by atoms with van der Waals surface area (Å²) >= 11 is 1.80. The monoisotopic (exact) mass is 644 g/mol. The molecule has 0 spiro atoms. The number of rotatable bonds is 13. The van der Waals surface area contributed by atoms with E-state index in [2.05, 4.69) is 6.92 Å². The molecule has 0 saturated carbocycles. The average molecular weight is 645 g/mol. The Kier molecular flexibility index (Phi) is 11.4. The van der Waals surface area contributed by atoms with Crippen LogP contribution in [0.2, 0.25) is 0 Å². The molecule has 3 aromatic rings. The lowest BCUT2D eigenvalue weighted by Gasteiger charge is -2.18. The summed E-state index contributed by atoms with van der Waals surface area (Å²) in [5.41, 5.74) is 3.83. The predicted octanol–water partition coefficient (Wildman–Crippen LogP) is 8.83. The first kappa shape index (κ1) is 30.2. The van der Waals surface area contributed by atoms with Crippen LogP contribution in [0.15, 0.2) is 48.5 Å². The van der Waals surface area contributed by atoms with Gasteiger partial charge >= 0.3 is 0 Å². The van der Waals surface area contributed by atoms with Crippen molar-refractivity contribution >= 4 is 47.3 Å². The number of hydrogen-bond donors (Lipinski definition) is 1. The largest absolute Gasteiger partial charge is 0.504 e. The lowest BCUT2D eigenvalue weighted by atomic mass is 10.1. The molecule has 0 aromatic heterocycles. The van der Waals surface area contributed by atoms with Gasteiger partial charge in [-0.2, -0.15) is 0 Å². The predicted molar refractivity (Wildman–Crippen MR) is 167 cm³/mol. The van der Waals surface area contributed by atoms with Gasteiger partial charge in [0, 0.05) is 0 Å². The van der Waals surface area contributed by atoms with Gasteiger partial charge in [-0.05, 0) is 73.2 Å². The van der Waals surface area contributed by atoms with Gasteiger partial charge in [0.05, 0.1) is 26.4 Å². The van der Waals surface area contributed by atoms with Gasteiger partial charge in [0.1, 0.15) is 0 Å². The third-order valence-corrected chi connectivity index (χ3v) is 6.76. The van der Waals surface area contributed by atoms with E-state index in [1.807, 2.05) is 87.5 Å². The number of halogens is 1. The standard InChI is InChI=1S/C32H37IO6/c1-7-21(3)37-31-27(34)17-25(20-30(31)39-33)15-13-23-9-11-24(12-10-23)14-16-26-18-28(35-5)32(29(19-26)36-6)38-22(4)8-2/h9-22,34H,7-8H2,1-6H3/b15-13+,16-14+. The van der Waals surface area contributed by atoms with Crippen molar-refractivity contribution in [2.24, 2.45) is 0 Å². The molecule has 0 aliphatic rings. The van der Waals surface area contributed by atoms with E-state index in [1.54, 1.807) is 43.3 Å². The van der Waals surface area contributed by atoms with E-state index in [4.69, 9.17) is 22.0 Å². The smallest absolute Gasteiger partial charge is 0.204 e. The second kappa shape index (κ2) is 14.7. The molecule has 7 heteroatoms. The zero-order valence-electron chi connectivity index (χ0n) is 23.4. The maximum absolute atomic E-state index is 10.5. The van der Waals surface area contributed by atoms with Crippen molar-refractivity contribution in [1.82, 2.24) is 0 Å². The molecular formula is C32H37IO6. The van der Waals surface area contributed by atoms with Crippen LogP contribution < -0.4 is 22.0 Å². The summed E-state index contributed by atoms with van der Waals surface area (Å²) in [5, 5.41) is 10.5. The van der Waals surface area contributed by atoms with Gasteiger partial charge in [-0.25, -0.2) is 0 Å². The van der Waals surface area contributed by atoms with Crippen molar-refractivity contribution in [1.29, 1.82) is 0 Å². The number of phenolic OH excluding ortho intramolecular Hbond substituents is 1. The van der Waals surface area contributed by atoms with Crippen LogP contribution >= 0.6 is 23.0 Å². The van der Waals surface area contributed by atoms with E-state index < -0.39 is 0 Å². The molecule has 2 atom stereocenters. The third kappa shape index (κ3) is 8.33. The fourth-order valence-electron chi connectivity index (χ4n) is 3.66. The number of phenols is 1. The second-order valence-electron chi connectivity index (χ2n) is 9.21. The van der Waals surface area contributed by atoms with Crippen LogP contribution in [-0.2, 0) is 0 Å². The van der Waals surface area contributed by atoms with Crippen molar-refractivity contribution in [3.8, 4) is 34.5 Å². The number of hydrogen-bond acceptors (Lipinski definition) is 6. The van der Waals surface area contributed by atoms with Crippen LogP contribution in [0.1, 0.15) is 62.8 Å². The quantitative estimate of drug-likeness (QED) is 0.148. The second-order valence-corrected chi connectivity index (χ2v) is 9.65. The lowest BCUT2D eigenvalue weighted by molar-refractivity contribution is 0.198. The van der Waals surface area contributed by atoms with Gasteiger partial charge in [-0.1, -0.05) is 62.4 Å². The molecule has 2 unspecified atom stereocenters. The summed E-state index contributed by atoms with van der Waals surface area (Å²) < 4.78 is 28.4. The SMILES string of the molecule is CCC(C)Oc1c(O)cc(/C=C/c2ccc(/C=C/c3cc(OC)c(OC(C)CC)c(OC)c3)cc2)cc1OI. The zero-order valence-corrected chi connectivity index (χ0v) is 25.5. The van der Waals surface area contributed by atoms with E-state index in [0.717, 1.165) is 35.1 Å².